The van der Waals surface area contributed by atoms with Crippen LogP contribution in [-0.4, -0.2) is 49.2 Å². The van der Waals surface area contributed by atoms with Crippen LogP contribution in [0.25, 0.3) is 0 Å². The molecule has 2 fully saturated rings. The lowest BCUT2D eigenvalue weighted by molar-refractivity contribution is -0.136. The quantitative estimate of drug-likeness (QED) is 0.785. The van der Waals surface area contributed by atoms with Crippen LogP contribution in [0.3, 0.4) is 0 Å². The maximum atomic E-state index is 13.0. The monoisotopic (exact) mass is 296 g/mol. The van der Waals surface area contributed by atoms with Crippen molar-refractivity contribution in [2.45, 2.75) is 76.9 Å². The van der Waals surface area contributed by atoms with Crippen molar-refractivity contribution >= 4 is 5.91 Å². The van der Waals surface area contributed by atoms with Gasteiger partial charge in [0.05, 0.1) is 12.6 Å². The lowest BCUT2D eigenvalue weighted by Crippen LogP contribution is -2.50. The second-order valence-electron chi connectivity index (χ2n) is 6.60. The smallest absolute Gasteiger partial charge is 0.240 e. The largest absolute Gasteiger partial charge is 0.383 e. The van der Waals surface area contributed by atoms with Crippen molar-refractivity contribution in [2.24, 2.45) is 5.92 Å². The van der Waals surface area contributed by atoms with E-state index in [1.807, 2.05) is 0 Å². The van der Waals surface area contributed by atoms with Gasteiger partial charge in [0.15, 0.2) is 0 Å². The van der Waals surface area contributed by atoms with E-state index in [0.29, 0.717) is 24.6 Å². The standard InChI is InChI=1S/C17H32N2O2/c1-4-14(5-2)19(10-11-21-3)17(20)16-12-13-8-6-7-9-15(13)18-16/h13-16,18H,4-12H2,1-3H3. The molecule has 0 aromatic rings. The minimum absolute atomic E-state index is 0.0376. The zero-order valence-corrected chi connectivity index (χ0v) is 13.9. The number of hydrogen-bond donors (Lipinski definition) is 1. The van der Waals surface area contributed by atoms with Gasteiger partial charge in [0, 0.05) is 25.7 Å². The Labute approximate surface area is 129 Å². The van der Waals surface area contributed by atoms with Crippen LogP contribution in [0.15, 0.2) is 0 Å². The summed E-state index contributed by atoms with van der Waals surface area (Å²) in [6.45, 7) is 5.68. The molecule has 3 unspecified atom stereocenters. The Morgan fingerprint density at radius 3 is 2.62 bits per heavy atom. The third kappa shape index (κ3) is 3.98. The van der Waals surface area contributed by atoms with E-state index in [2.05, 4.69) is 24.1 Å². The minimum atomic E-state index is 0.0376. The van der Waals surface area contributed by atoms with Crippen LogP contribution in [-0.2, 0) is 9.53 Å². The van der Waals surface area contributed by atoms with E-state index < -0.39 is 0 Å². The van der Waals surface area contributed by atoms with Crippen LogP contribution in [0.4, 0.5) is 0 Å². The molecular formula is C17H32N2O2. The van der Waals surface area contributed by atoms with Crippen molar-refractivity contribution < 1.29 is 9.53 Å². The predicted molar refractivity (Wildman–Crippen MR) is 85.2 cm³/mol. The average molecular weight is 296 g/mol. The van der Waals surface area contributed by atoms with Gasteiger partial charge in [-0.3, -0.25) is 4.79 Å². The number of ether oxygens (including phenoxy) is 1. The highest BCUT2D eigenvalue weighted by atomic mass is 16.5. The number of rotatable bonds is 7. The second-order valence-corrected chi connectivity index (χ2v) is 6.60. The molecule has 1 amide bonds. The van der Waals surface area contributed by atoms with Crippen molar-refractivity contribution in [1.29, 1.82) is 0 Å². The normalized spacial score (nSPS) is 28.7. The molecule has 2 aliphatic rings. The molecule has 0 aromatic carbocycles. The van der Waals surface area contributed by atoms with E-state index in [9.17, 15) is 4.79 Å². The first kappa shape index (κ1) is 16.8. The highest BCUT2D eigenvalue weighted by Gasteiger charge is 2.40. The Morgan fingerprint density at radius 2 is 2.00 bits per heavy atom. The van der Waals surface area contributed by atoms with Crippen molar-refractivity contribution in [3.05, 3.63) is 0 Å². The molecule has 0 aromatic heterocycles. The molecule has 1 saturated heterocycles. The van der Waals surface area contributed by atoms with Crippen molar-refractivity contribution in [3.8, 4) is 0 Å². The summed E-state index contributed by atoms with van der Waals surface area (Å²) < 4.78 is 5.20. The van der Waals surface area contributed by atoms with Gasteiger partial charge in [-0.2, -0.15) is 0 Å². The first-order chi connectivity index (χ1) is 10.2. The summed E-state index contributed by atoms with van der Waals surface area (Å²) in [5, 5.41) is 3.62. The lowest BCUT2D eigenvalue weighted by atomic mass is 9.85. The fourth-order valence-electron chi connectivity index (χ4n) is 4.10. The van der Waals surface area contributed by atoms with Crippen LogP contribution >= 0.6 is 0 Å². The molecule has 0 bridgehead atoms. The molecule has 1 N–H and O–H groups in total. The Bertz CT molecular complexity index is 317. The van der Waals surface area contributed by atoms with Crippen molar-refractivity contribution in [3.63, 3.8) is 0 Å². The molecule has 21 heavy (non-hydrogen) atoms. The Morgan fingerprint density at radius 1 is 1.29 bits per heavy atom. The minimum Gasteiger partial charge on any atom is -0.383 e. The Kier molecular flexibility index (Phi) is 6.49. The van der Waals surface area contributed by atoms with Crippen molar-refractivity contribution in [2.75, 3.05) is 20.3 Å². The van der Waals surface area contributed by atoms with Crippen LogP contribution in [0.2, 0.25) is 0 Å². The molecule has 1 aliphatic carbocycles. The van der Waals surface area contributed by atoms with E-state index in [1.165, 1.54) is 25.7 Å². The van der Waals surface area contributed by atoms with Crippen LogP contribution in [0, 0.1) is 5.92 Å². The molecule has 2 rings (SSSR count). The Hall–Kier alpha value is -0.610. The molecule has 3 atom stereocenters. The molecule has 122 valence electrons. The van der Waals surface area contributed by atoms with Crippen LogP contribution in [0.5, 0.6) is 0 Å². The summed E-state index contributed by atoms with van der Waals surface area (Å²) in [6, 6.07) is 0.964. The number of nitrogens with zero attached hydrogens (tertiary/aromatic N) is 1. The van der Waals surface area contributed by atoms with Crippen molar-refractivity contribution in [1.82, 2.24) is 10.2 Å². The summed E-state index contributed by atoms with van der Waals surface area (Å²) in [6.07, 6.45) is 8.27. The van der Waals surface area contributed by atoms with Crippen LogP contribution in [0.1, 0.15) is 58.8 Å². The van der Waals surface area contributed by atoms with Gasteiger partial charge in [-0.05, 0) is 38.0 Å². The molecule has 1 saturated carbocycles. The van der Waals surface area contributed by atoms with Gasteiger partial charge >= 0.3 is 0 Å². The van der Waals surface area contributed by atoms with Crippen LogP contribution < -0.4 is 5.32 Å². The van der Waals surface area contributed by atoms with E-state index in [-0.39, 0.29) is 6.04 Å². The molecule has 1 aliphatic heterocycles. The first-order valence-corrected chi connectivity index (χ1v) is 8.76. The zero-order valence-electron chi connectivity index (χ0n) is 13.9. The highest BCUT2D eigenvalue weighted by molar-refractivity contribution is 5.82. The molecule has 4 nitrogen and oxygen atoms in total. The number of carbonyl (C=O) groups is 1. The first-order valence-electron chi connectivity index (χ1n) is 8.76. The number of hydrogen-bond acceptors (Lipinski definition) is 3. The fourth-order valence-corrected chi connectivity index (χ4v) is 4.10. The van der Waals surface area contributed by atoms with Gasteiger partial charge in [0.1, 0.15) is 0 Å². The maximum Gasteiger partial charge on any atom is 0.240 e. The molecule has 4 heteroatoms. The molecule has 0 spiro atoms. The van der Waals surface area contributed by atoms with Gasteiger partial charge in [-0.25, -0.2) is 0 Å². The van der Waals surface area contributed by atoms with Gasteiger partial charge in [-0.15, -0.1) is 0 Å². The van der Waals surface area contributed by atoms with Gasteiger partial charge in [0.25, 0.3) is 0 Å². The molecular weight excluding hydrogens is 264 g/mol. The summed E-state index contributed by atoms with van der Waals surface area (Å²) in [5.41, 5.74) is 0. The van der Waals surface area contributed by atoms with Gasteiger partial charge in [0.2, 0.25) is 5.91 Å². The number of carbonyl (C=O) groups excluding carboxylic acids is 1. The van der Waals surface area contributed by atoms with E-state index in [1.54, 1.807) is 7.11 Å². The maximum absolute atomic E-state index is 13.0. The van der Waals surface area contributed by atoms with Gasteiger partial charge in [-0.1, -0.05) is 26.7 Å². The number of amides is 1. The average Bonchev–Trinajstić information content (AvgIpc) is 2.95. The van der Waals surface area contributed by atoms with E-state index >= 15 is 0 Å². The Balaban J connectivity index is 2.00. The predicted octanol–water partition coefficient (Wildman–Crippen LogP) is 2.57. The second kappa shape index (κ2) is 8.14. The zero-order chi connectivity index (χ0) is 15.2. The van der Waals surface area contributed by atoms with E-state index in [4.69, 9.17) is 4.74 Å². The molecule has 1 heterocycles. The number of fused-ring (bicyclic) bond motifs is 1. The number of methoxy groups -OCH3 is 1. The topological polar surface area (TPSA) is 41.6 Å². The summed E-state index contributed by atoms with van der Waals surface area (Å²) in [7, 11) is 1.71. The fraction of sp³-hybridized carbons (Fsp3) is 0.941. The summed E-state index contributed by atoms with van der Waals surface area (Å²) in [4.78, 5) is 15.0. The summed E-state index contributed by atoms with van der Waals surface area (Å²) in [5.74, 6) is 1.02. The lowest BCUT2D eigenvalue weighted by Gasteiger charge is -2.32. The third-order valence-electron chi connectivity index (χ3n) is 5.36. The third-order valence-corrected chi connectivity index (χ3v) is 5.36. The summed E-state index contributed by atoms with van der Waals surface area (Å²) >= 11 is 0. The number of nitrogens with one attached hydrogen (secondary N) is 1. The highest BCUT2D eigenvalue weighted by Crippen LogP contribution is 2.34. The SMILES string of the molecule is CCC(CC)N(CCOC)C(=O)C1CC2CCCCC2N1. The van der Waals surface area contributed by atoms with Gasteiger partial charge < -0.3 is 15.0 Å². The van der Waals surface area contributed by atoms with E-state index in [0.717, 1.165) is 31.7 Å². The molecule has 0 radical (unpaired) electrons.